The van der Waals surface area contributed by atoms with Gasteiger partial charge in [-0.2, -0.15) is 13.2 Å². The van der Waals surface area contributed by atoms with E-state index in [1.807, 2.05) is 33.8 Å². The second-order valence-electron chi connectivity index (χ2n) is 13.6. The molecule has 0 spiro atoms. The van der Waals surface area contributed by atoms with E-state index in [0.29, 0.717) is 75.4 Å². The van der Waals surface area contributed by atoms with Crippen LogP contribution in [0.3, 0.4) is 0 Å². The van der Waals surface area contributed by atoms with Crippen LogP contribution in [0.25, 0.3) is 11.1 Å². The summed E-state index contributed by atoms with van der Waals surface area (Å²) in [6.45, 7) is 12.2. The lowest BCUT2D eigenvalue weighted by Gasteiger charge is -2.56. The number of nitrogens with one attached hydrogen (secondary N) is 1. The van der Waals surface area contributed by atoms with Crippen LogP contribution in [0.15, 0.2) is 48.8 Å². The first-order valence-corrected chi connectivity index (χ1v) is 16.4. The normalized spacial score (nSPS) is 19.7. The average Bonchev–Trinajstić information content (AvgIpc) is 3.07. The zero-order valence-electron chi connectivity index (χ0n) is 28.0. The zero-order valence-corrected chi connectivity index (χ0v) is 28.0. The average molecular weight is 683 g/mol. The van der Waals surface area contributed by atoms with Crippen LogP contribution < -0.4 is 15.0 Å². The number of piperidine rings is 1. The van der Waals surface area contributed by atoms with Gasteiger partial charge in [0.2, 0.25) is 5.88 Å². The van der Waals surface area contributed by atoms with Crippen LogP contribution in [0.5, 0.6) is 5.88 Å². The molecule has 3 fully saturated rings. The number of aromatic nitrogens is 2. The number of hydrogen-bond donors (Lipinski definition) is 1. The maximum Gasteiger partial charge on any atom is 0.416 e. The minimum atomic E-state index is -4.56. The fraction of sp³-hybridized carbons (Fsp3) is 0.486. The largest absolute Gasteiger partial charge is 0.475 e. The lowest BCUT2D eigenvalue weighted by atomic mass is 9.88. The summed E-state index contributed by atoms with van der Waals surface area (Å²) in [6.07, 6.45) is -0.631. The predicted molar refractivity (Wildman–Crippen MR) is 177 cm³/mol. The Labute approximate surface area is 283 Å². The standard InChI is InChI=1S/C35H41F3N6O5/c1-22-29(16-26(19-39-22)41-31(45)23-6-5-7-25(14-23)35(36,37)38)24-15-30(42-8-11-47-12-9-42)32(40-18-24)48-13-10-44-27-17-28(44)21-43(20-27)33(46)49-34(2,3)4/h5-7,14-16,18-19,27-28H,8-13,17,20-21H2,1-4H3,(H,41,45). The molecular formula is C35H41F3N6O5. The van der Waals surface area contributed by atoms with E-state index in [0.717, 1.165) is 29.8 Å². The number of likely N-dealkylation sites (tertiary alicyclic amines) is 2. The number of anilines is 2. The molecule has 2 atom stereocenters. The van der Waals surface area contributed by atoms with Crippen LogP contribution in [-0.2, 0) is 15.7 Å². The number of halogens is 3. The van der Waals surface area contributed by atoms with Gasteiger partial charge in [0, 0.05) is 73.4 Å². The third-order valence-corrected chi connectivity index (χ3v) is 8.88. The molecule has 0 aliphatic carbocycles. The van der Waals surface area contributed by atoms with E-state index in [9.17, 15) is 22.8 Å². The summed E-state index contributed by atoms with van der Waals surface area (Å²) in [4.78, 5) is 40.9. The van der Waals surface area contributed by atoms with Crippen molar-refractivity contribution >= 4 is 23.4 Å². The van der Waals surface area contributed by atoms with Gasteiger partial charge in [-0.1, -0.05) is 6.07 Å². The lowest BCUT2D eigenvalue weighted by molar-refractivity contribution is -0.137. The number of piperazine rings is 1. The third-order valence-electron chi connectivity index (χ3n) is 8.88. The van der Waals surface area contributed by atoms with Gasteiger partial charge in [-0.05, 0) is 64.4 Å². The Morgan fingerprint density at radius 3 is 2.45 bits per heavy atom. The number of carbonyl (C=O) groups is 2. The number of amides is 2. The summed E-state index contributed by atoms with van der Waals surface area (Å²) in [7, 11) is 0. The van der Waals surface area contributed by atoms with E-state index in [4.69, 9.17) is 19.2 Å². The monoisotopic (exact) mass is 682 g/mol. The van der Waals surface area contributed by atoms with E-state index in [-0.39, 0.29) is 23.7 Å². The van der Waals surface area contributed by atoms with Crippen molar-refractivity contribution in [1.29, 1.82) is 0 Å². The first kappa shape index (κ1) is 34.4. The maximum absolute atomic E-state index is 13.2. The molecule has 0 saturated carbocycles. The molecule has 6 rings (SSSR count). The molecule has 3 aliphatic heterocycles. The Kier molecular flexibility index (Phi) is 9.72. The maximum atomic E-state index is 13.2. The highest BCUT2D eigenvalue weighted by Gasteiger charge is 2.46. The minimum Gasteiger partial charge on any atom is -0.475 e. The van der Waals surface area contributed by atoms with Crippen molar-refractivity contribution in [1.82, 2.24) is 19.8 Å². The summed E-state index contributed by atoms with van der Waals surface area (Å²) in [6, 6.07) is 8.52. The first-order valence-electron chi connectivity index (χ1n) is 16.4. The summed E-state index contributed by atoms with van der Waals surface area (Å²) in [5.41, 5.74) is 1.73. The van der Waals surface area contributed by atoms with Crippen molar-refractivity contribution in [2.24, 2.45) is 0 Å². The minimum absolute atomic E-state index is 0.114. The van der Waals surface area contributed by atoms with E-state index in [2.05, 4.69) is 20.1 Å². The van der Waals surface area contributed by atoms with Crippen LogP contribution in [0.1, 0.15) is 48.8 Å². The zero-order chi connectivity index (χ0) is 34.9. The van der Waals surface area contributed by atoms with Crippen molar-refractivity contribution < 1.29 is 37.0 Å². The van der Waals surface area contributed by atoms with Gasteiger partial charge in [0.05, 0.1) is 30.7 Å². The molecule has 262 valence electrons. The molecule has 3 aliphatic rings. The van der Waals surface area contributed by atoms with Gasteiger partial charge in [-0.15, -0.1) is 0 Å². The van der Waals surface area contributed by atoms with E-state index >= 15 is 0 Å². The summed E-state index contributed by atoms with van der Waals surface area (Å²) in [5.74, 6) is -0.186. The van der Waals surface area contributed by atoms with Gasteiger partial charge in [0.15, 0.2) is 0 Å². The van der Waals surface area contributed by atoms with Crippen LogP contribution in [0.4, 0.5) is 29.3 Å². The van der Waals surface area contributed by atoms with Gasteiger partial charge in [0.1, 0.15) is 17.9 Å². The number of fused-ring (bicyclic) bond motifs is 2. The van der Waals surface area contributed by atoms with Gasteiger partial charge >= 0.3 is 12.3 Å². The Bertz CT molecular complexity index is 1680. The van der Waals surface area contributed by atoms with Crippen LogP contribution in [0.2, 0.25) is 0 Å². The number of ether oxygens (including phenoxy) is 3. The van der Waals surface area contributed by atoms with Crippen molar-refractivity contribution in [3.05, 3.63) is 65.6 Å². The van der Waals surface area contributed by atoms with E-state index < -0.39 is 23.2 Å². The van der Waals surface area contributed by atoms with Gasteiger partial charge in [0.25, 0.3) is 5.91 Å². The van der Waals surface area contributed by atoms with Crippen molar-refractivity contribution in [3.63, 3.8) is 0 Å². The molecule has 5 heterocycles. The number of benzene rings is 1. The Balaban J connectivity index is 1.14. The molecule has 49 heavy (non-hydrogen) atoms. The van der Waals surface area contributed by atoms with E-state index in [1.165, 1.54) is 18.3 Å². The molecule has 0 radical (unpaired) electrons. The highest BCUT2D eigenvalue weighted by molar-refractivity contribution is 6.04. The molecule has 14 heteroatoms. The number of pyridine rings is 2. The smallest absolute Gasteiger partial charge is 0.416 e. The second-order valence-corrected chi connectivity index (χ2v) is 13.6. The number of morpholine rings is 1. The number of carbonyl (C=O) groups excluding carboxylic acids is 2. The molecule has 3 saturated heterocycles. The molecule has 1 aromatic carbocycles. The second kappa shape index (κ2) is 13.8. The number of hydrogen-bond acceptors (Lipinski definition) is 9. The Morgan fingerprint density at radius 1 is 1.02 bits per heavy atom. The van der Waals surface area contributed by atoms with Crippen molar-refractivity contribution in [2.45, 2.75) is 58.0 Å². The summed E-state index contributed by atoms with van der Waals surface area (Å²) in [5, 5.41) is 2.67. The fourth-order valence-electron chi connectivity index (χ4n) is 6.44. The number of nitrogens with zero attached hydrogens (tertiary/aromatic N) is 5. The lowest BCUT2D eigenvalue weighted by Crippen LogP contribution is -2.70. The Morgan fingerprint density at radius 2 is 1.76 bits per heavy atom. The fourth-order valence-corrected chi connectivity index (χ4v) is 6.44. The molecule has 1 N–H and O–H groups in total. The topological polar surface area (TPSA) is 109 Å². The van der Waals surface area contributed by atoms with Crippen molar-refractivity contribution in [2.75, 3.05) is 62.8 Å². The highest BCUT2D eigenvalue weighted by Crippen LogP contribution is 2.36. The van der Waals surface area contributed by atoms with Crippen molar-refractivity contribution in [3.8, 4) is 17.0 Å². The molecule has 3 aromatic rings. The number of aryl methyl sites for hydroxylation is 1. The summed E-state index contributed by atoms with van der Waals surface area (Å²) < 4.78 is 57.0. The number of alkyl halides is 3. The summed E-state index contributed by atoms with van der Waals surface area (Å²) >= 11 is 0. The van der Waals surface area contributed by atoms with Crippen LogP contribution >= 0.6 is 0 Å². The molecule has 11 nitrogen and oxygen atoms in total. The molecule has 2 amide bonds. The SMILES string of the molecule is Cc1ncc(NC(=O)c2cccc(C(F)(F)F)c2)cc1-c1cnc(OCCN2C3CC2CN(C(=O)OC(C)(C)C)C3)c(N2CCOCC2)c1. The molecular weight excluding hydrogens is 641 g/mol. The quantitative estimate of drug-likeness (QED) is 0.323. The molecule has 2 unspecified atom stereocenters. The van der Waals surface area contributed by atoms with Gasteiger partial charge in [-0.25, -0.2) is 9.78 Å². The highest BCUT2D eigenvalue weighted by atomic mass is 19.4. The predicted octanol–water partition coefficient (Wildman–Crippen LogP) is 5.63. The molecule has 2 bridgehead atoms. The van der Waals surface area contributed by atoms with Crippen LogP contribution in [0, 0.1) is 6.92 Å². The Hall–Kier alpha value is -4.43. The van der Waals surface area contributed by atoms with Gasteiger partial charge in [-0.3, -0.25) is 14.7 Å². The third kappa shape index (κ3) is 8.07. The molecule has 2 aromatic heterocycles. The van der Waals surface area contributed by atoms with Crippen LogP contribution in [-0.4, -0.2) is 102 Å². The van der Waals surface area contributed by atoms with E-state index in [1.54, 1.807) is 17.2 Å². The number of rotatable bonds is 8. The first-order chi connectivity index (χ1) is 23.2. The van der Waals surface area contributed by atoms with Gasteiger partial charge < -0.3 is 29.3 Å².